The molecule has 3 nitrogen and oxygen atoms in total. The normalized spacial score (nSPS) is 11.4. The molecule has 0 saturated heterocycles. The van der Waals surface area contributed by atoms with Crippen molar-refractivity contribution >= 4 is 11.6 Å². The molecule has 3 rings (SSSR count). The van der Waals surface area contributed by atoms with Crippen molar-refractivity contribution in [2.24, 2.45) is 0 Å². The lowest BCUT2D eigenvalue weighted by Crippen LogP contribution is -2.15. The summed E-state index contributed by atoms with van der Waals surface area (Å²) in [5.74, 6) is 1.19. The Morgan fingerprint density at radius 2 is 1.64 bits per heavy atom. The van der Waals surface area contributed by atoms with E-state index in [1.807, 2.05) is 37.4 Å². The van der Waals surface area contributed by atoms with Crippen LogP contribution in [0.2, 0.25) is 0 Å². The van der Waals surface area contributed by atoms with E-state index >= 15 is 0 Å². The van der Waals surface area contributed by atoms with Crippen LogP contribution in [0, 0.1) is 0 Å². The van der Waals surface area contributed by atoms with Crippen LogP contribution in [-0.4, -0.2) is 25.3 Å². The predicted molar refractivity (Wildman–Crippen MR) is 117 cm³/mol. The van der Waals surface area contributed by atoms with Crippen LogP contribution in [0.25, 0.3) is 11.6 Å². The van der Waals surface area contributed by atoms with Gasteiger partial charge >= 0.3 is 0 Å². The number of phenolic OH excluding ortho intramolecular Hbond substituents is 1. The van der Waals surface area contributed by atoms with E-state index in [2.05, 4.69) is 47.8 Å². The molecule has 0 aromatic heterocycles. The first-order valence-corrected chi connectivity index (χ1v) is 9.66. The summed E-state index contributed by atoms with van der Waals surface area (Å²) < 4.78 is 5.70. The molecule has 28 heavy (non-hydrogen) atoms. The average Bonchev–Trinajstić information content (AvgIpc) is 2.74. The van der Waals surface area contributed by atoms with Gasteiger partial charge in [0.1, 0.15) is 18.1 Å². The molecule has 0 unspecified atom stereocenters. The van der Waals surface area contributed by atoms with Gasteiger partial charge in [0, 0.05) is 6.54 Å². The summed E-state index contributed by atoms with van der Waals surface area (Å²) in [6.07, 6.45) is 4.09. The van der Waals surface area contributed by atoms with Gasteiger partial charge in [-0.2, -0.15) is 0 Å². The monoisotopic (exact) mass is 373 g/mol. The van der Waals surface area contributed by atoms with Crippen LogP contribution in [0.3, 0.4) is 0 Å². The standard InChI is InChI=1S/C25H27NO2/c1-26-17-18-28-25-15-10-21(11-16-25)19-23(22-5-3-2-4-6-22)12-7-20-8-13-24(27)14-9-20/h2-6,8-11,13-16,19,26-27H,7,12,17-18H2,1H3. The molecule has 0 atom stereocenters. The third kappa shape index (κ3) is 6.00. The van der Waals surface area contributed by atoms with Crippen molar-refractivity contribution in [1.82, 2.24) is 5.32 Å². The fraction of sp³-hybridized carbons (Fsp3) is 0.200. The second-order valence-electron chi connectivity index (χ2n) is 6.72. The van der Waals surface area contributed by atoms with Crippen molar-refractivity contribution in [3.8, 4) is 11.5 Å². The Morgan fingerprint density at radius 1 is 0.929 bits per heavy atom. The van der Waals surface area contributed by atoms with Gasteiger partial charge in [-0.15, -0.1) is 0 Å². The van der Waals surface area contributed by atoms with Crippen LogP contribution in [0.1, 0.15) is 23.1 Å². The Morgan fingerprint density at radius 3 is 2.32 bits per heavy atom. The predicted octanol–water partition coefficient (Wildman–Crippen LogP) is 5.16. The van der Waals surface area contributed by atoms with Crippen LogP contribution >= 0.6 is 0 Å². The van der Waals surface area contributed by atoms with Crippen molar-refractivity contribution in [3.63, 3.8) is 0 Å². The SMILES string of the molecule is CNCCOc1ccc(C=C(CCc2ccc(O)cc2)c2ccccc2)cc1. The maximum atomic E-state index is 9.47. The number of likely N-dealkylation sites (N-methyl/N-ethyl adjacent to an activating group) is 1. The summed E-state index contributed by atoms with van der Waals surface area (Å²) in [6.45, 7) is 1.49. The molecule has 0 spiro atoms. The molecule has 0 aliphatic heterocycles. The molecule has 0 bridgehead atoms. The fourth-order valence-electron chi connectivity index (χ4n) is 3.03. The quantitative estimate of drug-likeness (QED) is 0.402. The molecule has 0 amide bonds. The third-order valence-corrected chi connectivity index (χ3v) is 4.61. The van der Waals surface area contributed by atoms with Crippen molar-refractivity contribution in [3.05, 3.63) is 95.6 Å². The maximum absolute atomic E-state index is 9.47. The van der Waals surface area contributed by atoms with Gasteiger partial charge in [-0.25, -0.2) is 0 Å². The molecule has 0 radical (unpaired) electrons. The number of rotatable bonds is 9. The molecule has 3 aromatic rings. The Labute approximate surface area is 167 Å². The van der Waals surface area contributed by atoms with Crippen LogP contribution in [0.15, 0.2) is 78.9 Å². The number of nitrogens with one attached hydrogen (secondary N) is 1. The molecule has 144 valence electrons. The van der Waals surface area contributed by atoms with Crippen molar-refractivity contribution in [1.29, 1.82) is 0 Å². The number of aromatic hydroxyl groups is 1. The molecule has 2 N–H and O–H groups in total. The summed E-state index contributed by atoms with van der Waals surface area (Å²) in [4.78, 5) is 0. The molecule has 3 heteroatoms. The number of phenols is 1. The first kappa shape index (κ1) is 19.7. The summed E-state index contributed by atoms with van der Waals surface area (Å²) in [5, 5.41) is 12.5. The third-order valence-electron chi connectivity index (χ3n) is 4.61. The van der Waals surface area contributed by atoms with Crippen LogP contribution < -0.4 is 10.1 Å². The maximum Gasteiger partial charge on any atom is 0.119 e. The zero-order valence-electron chi connectivity index (χ0n) is 16.3. The molecular weight excluding hydrogens is 346 g/mol. The van der Waals surface area contributed by atoms with Gasteiger partial charge < -0.3 is 15.2 Å². The summed E-state index contributed by atoms with van der Waals surface area (Å²) >= 11 is 0. The van der Waals surface area contributed by atoms with E-state index < -0.39 is 0 Å². The van der Waals surface area contributed by atoms with Crippen molar-refractivity contribution in [2.45, 2.75) is 12.8 Å². The number of hydrogen-bond donors (Lipinski definition) is 2. The number of benzene rings is 3. The van der Waals surface area contributed by atoms with Crippen molar-refractivity contribution < 1.29 is 9.84 Å². The minimum absolute atomic E-state index is 0.305. The van der Waals surface area contributed by atoms with Gasteiger partial charge in [0.05, 0.1) is 0 Å². The lowest BCUT2D eigenvalue weighted by molar-refractivity contribution is 0.318. The van der Waals surface area contributed by atoms with E-state index in [-0.39, 0.29) is 0 Å². The molecule has 0 saturated carbocycles. The smallest absolute Gasteiger partial charge is 0.119 e. The van der Waals surface area contributed by atoms with E-state index in [9.17, 15) is 5.11 Å². The summed E-state index contributed by atoms with van der Waals surface area (Å²) in [7, 11) is 1.92. The number of allylic oxidation sites excluding steroid dienone is 1. The van der Waals surface area contributed by atoms with E-state index in [0.29, 0.717) is 12.4 Å². The highest BCUT2D eigenvalue weighted by atomic mass is 16.5. The second-order valence-corrected chi connectivity index (χ2v) is 6.72. The first-order valence-electron chi connectivity index (χ1n) is 9.66. The van der Waals surface area contributed by atoms with E-state index in [1.54, 1.807) is 12.1 Å². The minimum Gasteiger partial charge on any atom is -0.508 e. The molecule has 3 aromatic carbocycles. The number of hydrogen-bond acceptors (Lipinski definition) is 3. The Balaban J connectivity index is 1.75. The molecular formula is C25H27NO2. The highest BCUT2D eigenvalue weighted by Crippen LogP contribution is 2.25. The topological polar surface area (TPSA) is 41.5 Å². The Bertz CT molecular complexity index is 869. The van der Waals surface area contributed by atoms with Gasteiger partial charge in [-0.05, 0) is 66.4 Å². The molecule has 0 heterocycles. The van der Waals surface area contributed by atoms with Gasteiger partial charge in [0.15, 0.2) is 0 Å². The zero-order valence-corrected chi connectivity index (χ0v) is 16.3. The zero-order chi connectivity index (χ0) is 19.6. The lowest BCUT2D eigenvalue weighted by Gasteiger charge is -2.10. The highest BCUT2D eigenvalue weighted by molar-refractivity contribution is 5.81. The van der Waals surface area contributed by atoms with Crippen molar-refractivity contribution in [2.75, 3.05) is 20.2 Å². The Kier molecular flexibility index (Phi) is 7.28. The van der Waals surface area contributed by atoms with Crippen LogP contribution in [0.4, 0.5) is 0 Å². The number of aryl methyl sites for hydroxylation is 1. The van der Waals surface area contributed by atoms with E-state index in [1.165, 1.54) is 16.7 Å². The van der Waals surface area contributed by atoms with Gasteiger partial charge in [0.25, 0.3) is 0 Å². The fourth-order valence-corrected chi connectivity index (χ4v) is 3.03. The molecule has 0 aliphatic rings. The average molecular weight is 373 g/mol. The van der Waals surface area contributed by atoms with Gasteiger partial charge in [-0.3, -0.25) is 0 Å². The summed E-state index contributed by atoms with van der Waals surface area (Å²) in [5.41, 5.74) is 4.89. The minimum atomic E-state index is 0.305. The largest absolute Gasteiger partial charge is 0.508 e. The van der Waals surface area contributed by atoms with Crippen LogP contribution in [-0.2, 0) is 6.42 Å². The number of ether oxygens (including phenoxy) is 1. The molecule has 0 fully saturated rings. The summed E-state index contributed by atoms with van der Waals surface area (Å²) in [6, 6.07) is 26.2. The van der Waals surface area contributed by atoms with Gasteiger partial charge in [0.2, 0.25) is 0 Å². The van der Waals surface area contributed by atoms with Crippen LogP contribution in [0.5, 0.6) is 11.5 Å². The molecule has 0 aliphatic carbocycles. The second kappa shape index (κ2) is 10.3. The van der Waals surface area contributed by atoms with E-state index in [4.69, 9.17) is 4.74 Å². The van der Waals surface area contributed by atoms with Gasteiger partial charge in [-0.1, -0.05) is 60.7 Å². The first-order chi connectivity index (χ1) is 13.7. The van der Waals surface area contributed by atoms with E-state index in [0.717, 1.165) is 30.7 Å². The lowest BCUT2D eigenvalue weighted by atomic mass is 9.96. The highest BCUT2D eigenvalue weighted by Gasteiger charge is 2.04. The Hall–Kier alpha value is -3.04.